The van der Waals surface area contributed by atoms with Crippen molar-refractivity contribution in [1.82, 2.24) is 9.80 Å². The Hall–Kier alpha value is -2.30. The summed E-state index contributed by atoms with van der Waals surface area (Å²) in [5, 5.41) is 0. The normalized spacial score (nSPS) is 20.1. The predicted octanol–water partition coefficient (Wildman–Crippen LogP) is 3.97. The van der Waals surface area contributed by atoms with E-state index in [4.69, 9.17) is 9.31 Å². The van der Waals surface area contributed by atoms with Gasteiger partial charge in [0, 0.05) is 42.8 Å². The van der Waals surface area contributed by atoms with Crippen LogP contribution in [0.1, 0.15) is 59.5 Å². The zero-order valence-corrected chi connectivity index (χ0v) is 23.0. The number of hydrogen-bond donors (Lipinski definition) is 0. The van der Waals surface area contributed by atoms with Crippen LogP contribution in [0.4, 0.5) is 8.78 Å². The maximum Gasteiger partial charge on any atom is 0.495 e. The van der Waals surface area contributed by atoms with Gasteiger partial charge in [-0.3, -0.25) is 9.59 Å². The third-order valence-electron chi connectivity index (χ3n) is 7.47. The Balaban J connectivity index is 0.000000187. The fourth-order valence-corrected chi connectivity index (χ4v) is 5.16. The lowest BCUT2D eigenvalue weighted by molar-refractivity contribution is 0.00578. The van der Waals surface area contributed by atoms with Crippen molar-refractivity contribution in [2.45, 2.75) is 51.7 Å². The summed E-state index contributed by atoms with van der Waals surface area (Å²) in [5.41, 5.74) is 2.29. The van der Waals surface area contributed by atoms with E-state index in [1.807, 2.05) is 27.7 Å². The zero-order valence-electron chi connectivity index (χ0n) is 21.4. The van der Waals surface area contributed by atoms with E-state index >= 15 is 0 Å². The zero-order chi connectivity index (χ0) is 26.6. The third kappa shape index (κ3) is 4.83. The van der Waals surface area contributed by atoms with Gasteiger partial charge in [0.05, 0.1) is 11.2 Å². The van der Waals surface area contributed by atoms with Gasteiger partial charge in [0.1, 0.15) is 11.6 Å². The lowest BCUT2D eigenvalue weighted by atomic mass is 9.73. The molecule has 2 amide bonds. The number of carbonyl (C=O) groups is 2. The van der Waals surface area contributed by atoms with Crippen LogP contribution in [0.25, 0.3) is 0 Å². The van der Waals surface area contributed by atoms with Crippen LogP contribution in [-0.4, -0.2) is 67.1 Å². The lowest BCUT2D eigenvalue weighted by Gasteiger charge is -2.32. The molecule has 192 valence electrons. The molecule has 10 heteroatoms. The Labute approximate surface area is 219 Å². The molecule has 0 spiro atoms. The fourth-order valence-electron chi connectivity index (χ4n) is 4.53. The van der Waals surface area contributed by atoms with Crippen molar-refractivity contribution in [3.8, 4) is 0 Å². The van der Waals surface area contributed by atoms with E-state index in [2.05, 4.69) is 15.9 Å². The standard InChI is InChI=1S/C16H21BFNO3.C10H9BrFNO/c1-15(2)16(3,4)22-17(21-15)13-9-10(18)8-12-11(13)6-7-19(5)14(12)20;1-13-3-2-7-8(10(13)14)4-6(12)5-9(7)11/h8-9H,6-7H2,1-5H3;4-5H,2-3H2,1H3. The molecule has 2 aromatic carbocycles. The van der Waals surface area contributed by atoms with E-state index in [0.717, 1.165) is 17.5 Å². The van der Waals surface area contributed by atoms with Crippen LogP contribution in [-0.2, 0) is 22.2 Å². The van der Waals surface area contributed by atoms with Crippen LogP contribution in [0.15, 0.2) is 28.7 Å². The molecule has 3 aliphatic rings. The molecule has 0 bridgehead atoms. The van der Waals surface area contributed by atoms with Crippen molar-refractivity contribution in [3.05, 3.63) is 62.6 Å². The number of rotatable bonds is 1. The minimum Gasteiger partial charge on any atom is -0.399 e. The summed E-state index contributed by atoms with van der Waals surface area (Å²) in [4.78, 5) is 27.1. The Kier molecular flexibility index (Phi) is 7.09. The van der Waals surface area contributed by atoms with Crippen molar-refractivity contribution in [2.24, 2.45) is 0 Å². The summed E-state index contributed by atoms with van der Waals surface area (Å²) in [6, 6.07) is 5.44. The van der Waals surface area contributed by atoms with Gasteiger partial charge in [-0.25, -0.2) is 8.78 Å². The maximum atomic E-state index is 14.0. The van der Waals surface area contributed by atoms with E-state index in [9.17, 15) is 18.4 Å². The van der Waals surface area contributed by atoms with E-state index < -0.39 is 24.1 Å². The smallest absolute Gasteiger partial charge is 0.399 e. The first-order valence-corrected chi connectivity index (χ1v) is 12.7. The topological polar surface area (TPSA) is 59.1 Å². The molecule has 0 N–H and O–H groups in total. The second-order valence-electron chi connectivity index (χ2n) is 10.5. The molecule has 1 fully saturated rings. The molecule has 0 unspecified atom stereocenters. The molecule has 0 atom stereocenters. The molecule has 3 aliphatic heterocycles. The van der Waals surface area contributed by atoms with Crippen molar-refractivity contribution in [2.75, 3.05) is 27.2 Å². The number of fused-ring (bicyclic) bond motifs is 2. The van der Waals surface area contributed by atoms with Gasteiger partial charge < -0.3 is 19.1 Å². The van der Waals surface area contributed by atoms with Crippen LogP contribution in [0.5, 0.6) is 0 Å². The number of likely N-dealkylation sites (N-methyl/N-ethyl adjacent to an activating group) is 2. The molecule has 3 heterocycles. The average molecular weight is 563 g/mol. The molecular weight excluding hydrogens is 533 g/mol. The highest BCUT2D eigenvalue weighted by molar-refractivity contribution is 9.10. The van der Waals surface area contributed by atoms with E-state index in [1.165, 1.54) is 24.3 Å². The predicted molar refractivity (Wildman–Crippen MR) is 138 cm³/mol. The SMILES string of the molecule is CN1CCc2c(B3OC(C)(C)C(C)(C)O3)cc(F)cc2C1=O.CN1CCc2c(Br)cc(F)cc2C1=O. The van der Waals surface area contributed by atoms with Gasteiger partial charge in [-0.15, -0.1) is 0 Å². The van der Waals surface area contributed by atoms with Crippen LogP contribution in [0.2, 0.25) is 0 Å². The average Bonchev–Trinajstić information content (AvgIpc) is 3.00. The minimum absolute atomic E-state index is 0.105. The number of amides is 2. The van der Waals surface area contributed by atoms with Crippen molar-refractivity contribution in [3.63, 3.8) is 0 Å². The highest BCUT2D eigenvalue weighted by Crippen LogP contribution is 2.37. The van der Waals surface area contributed by atoms with Crippen LogP contribution in [0.3, 0.4) is 0 Å². The van der Waals surface area contributed by atoms with Gasteiger partial charge in [0.2, 0.25) is 0 Å². The van der Waals surface area contributed by atoms with Gasteiger partial charge >= 0.3 is 7.12 Å². The second-order valence-corrected chi connectivity index (χ2v) is 11.3. The van der Waals surface area contributed by atoms with Crippen molar-refractivity contribution < 1.29 is 27.7 Å². The summed E-state index contributed by atoms with van der Waals surface area (Å²) in [5.74, 6) is -1.07. The van der Waals surface area contributed by atoms with Gasteiger partial charge in [-0.05, 0) is 81.4 Å². The Bertz CT molecular complexity index is 1220. The molecule has 5 rings (SSSR count). The quantitative estimate of drug-likeness (QED) is 0.494. The fraction of sp³-hybridized carbons (Fsp3) is 0.462. The van der Waals surface area contributed by atoms with Gasteiger partial charge in [0.15, 0.2) is 0 Å². The van der Waals surface area contributed by atoms with E-state index in [-0.39, 0.29) is 17.6 Å². The molecular formula is C26H30BBrF2N2O4. The largest absolute Gasteiger partial charge is 0.495 e. The summed E-state index contributed by atoms with van der Waals surface area (Å²) >= 11 is 3.27. The van der Waals surface area contributed by atoms with Gasteiger partial charge in [-0.2, -0.15) is 0 Å². The molecule has 0 aliphatic carbocycles. The van der Waals surface area contributed by atoms with E-state index in [0.29, 0.717) is 40.6 Å². The third-order valence-corrected chi connectivity index (χ3v) is 8.17. The minimum atomic E-state index is -0.648. The molecule has 0 aromatic heterocycles. The molecule has 36 heavy (non-hydrogen) atoms. The number of halogens is 3. The van der Waals surface area contributed by atoms with Crippen molar-refractivity contribution >= 4 is 40.3 Å². The second kappa shape index (κ2) is 9.54. The number of carbonyl (C=O) groups excluding carboxylic acids is 2. The monoisotopic (exact) mass is 562 g/mol. The van der Waals surface area contributed by atoms with E-state index in [1.54, 1.807) is 23.9 Å². The molecule has 0 saturated carbocycles. The van der Waals surface area contributed by atoms with Crippen LogP contribution < -0.4 is 5.46 Å². The molecule has 6 nitrogen and oxygen atoms in total. The first-order valence-electron chi connectivity index (χ1n) is 11.9. The highest BCUT2D eigenvalue weighted by Gasteiger charge is 2.52. The summed E-state index contributed by atoms with van der Waals surface area (Å²) in [6.45, 7) is 9.13. The Morgan fingerprint density at radius 2 is 1.25 bits per heavy atom. The number of benzene rings is 2. The lowest BCUT2D eigenvalue weighted by Crippen LogP contribution is -2.43. The maximum absolute atomic E-state index is 14.0. The van der Waals surface area contributed by atoms with Crippen molar-refractivity contribution in [1.29, 1.82) is 0 Å². The van der Waals surface area contributed by atoms with Crippen LogP contribution in [0, 0.1) is 11.6 Å². The van der Waals surface area contributed by atoms with Crippen LogP contribution >= 0.6 is 15.9 Å². The number of nitrogens with zero attached hydrogens (tertiary/aromatic N) is 2. The first kappa shape index (κ1) is 26.8. The molecule has 0 radical (unpaired) electrons. The Morgan fingerprint density at radius 3 is 1.78 bits per heavy atom. The first-order chi connectivity index (χ1) is 16.7. The Morgan fingerprint density at radius 1 is 0.806 bits per heavy atom. The van der Waals surface area contributed by atoms with Gasteiger partial charge in [-0.1, -0.05) is 15.9 Å². The summed E-state index contributed by atoms with van der Waals surface area (Å²) < 4.78 is 39.8. The number of hydrogen-bond acceptors (Lipinski definition) is 4. The summed E-state index contributed by atoms with van der Waals surface area (Å²) in [7, 11) is 2.81. The summed E-state index contributed by atoms with van der Waals surface area (Å²) in [6.07, 6.45) is 1.45. The highest BCUT2D eigenvalue weighted by atomic mass is 79.9. The van der Waals surface area contributed by atoms with Gasteiger partial charge in [0.25, 0.3) is 11.8 Å². The molecule has 2 aromatic rings. The molecule has 1 saturated heterocycles.